The average molecular weight is 344 g/mol. The highest BCUT2D eigenvalue weighted by Crippen LogP contribution is 2.31. The van der Waals surface area contributed by atoms with Crippen molar-refractivity contribution in [2.45, 2.75) is 12.5 Å². The van der Waals surface area contributed by atoms with Crippen molar-refractivity contribution >= 4 is 22.5 Å². The number of benzene rings is 1. The Morgan fingerprint density at radius 1 is 1.25 bits per heavy atom. The molecule has 0 spiro atoms. The van der Waals surface area contributed by atoms with E-state index in [1.165, 1.54) is 0 Å². The van der Waals surface area contributed by atoms with Gasteiger partial charge in [0.25, 0.3) is 0 Å². The average Bonchev–Trinajstić information content (AvgIpc) is 3.17. The maximum Gasteiger partial charge on any atom is 0.318 e. The summed E-state index contributed by atoms with van der Waals surface area (Å²) in [6.45, 7) is 3.73. The predicted molar refractivity (Wildman–Crippen MR) is 93.7 cm³/mol. The third-order valence-electron chi connectivity index (χ3n) is 4.51. The number of aromatic nitrogens is 1. The van der Waals surface area contributed by atoms with Crippen LogP contribution in [0, 0.1) is 0 Å². The molecule has 1 aromatic carbocycles. The summed E-state index contributed by atoms with van der Waals surface area (Å²) < 4.78 is 5.66. The van der Waals surface area contributed by atoms with E-state index in [0.717, 1.165) is 49.0 Å². The van der Waals surface area contributed by atoms with Crippen molar-refractivity contribution in [2.24, 2.45) is 0 Å². The van der Waals surface area contributed by atoms with Gasteiger partial charge in [0.1, 0.15) is 5.75 Å². The normalized spacial score (nSPS) is 20.2. The number of fused-ring (bicyclic) bond motifs is 1. The molecule has 1 atom stereocenters. The molecule has 3 heterocycles. The first-order valence-electron chi connectivity index (χ1n) is 8.23. The zero-order valence-corrected chi connectivity index (χ0v) is 14.2. The molecule has 2 aromatic rings. The minimum atomic E-state index is 0.00971. The number of amides is 2. The molecule has 4 rings (SSSR count). The van der Waals surface area contributed by atoms with Crippen LogP contribution in [0.15, 0.2) is 35.8 Å². The summed E-state index contributed by atoms with van der Waals surface area (Å²) in [4.78, 5) is 21.1. The number of nitrogens with zero attached hydrogens (tertiary/aromatic N) is 3. The van der Waals surface area contributed by atoms with E-state index in [4.69, 9.17) is 4.74 Å². The van der Waals surface area contributed by atoms with Gasteiger partial charge >= 0.3 is 6.03 Å². The molecule has 0 saturated carbocycles. The third-order valence-corrected chi connectivity index (χ3v) is 5.35. The van der Waals surface area contributed by atoms with Gasteiger partial charge in [-0.1, -0.05) is 18.2 Å². The summed E-state index contributed by atoms with van der Waals surface area (Å²) in [6.07, 6.45) is 2.63. The van der Waals surface area contributed by atoms with E-state index in [1.807, 2.05) is 40.7 Å². The Hall–Kier alpha value is -2.28. The van der Waals surface area contributed by atoms with E-state index in [1.54, 1.807) is 11.3 Å². The van der Waals surface area contributed by atoms with Crippen molar-refractivity contribution in [3.63, 3.8) is 0 Å². The maximum absolute atomic E-state index is 12.6. The minimum Gasteiger partial charge on any atom is -0.493 e. The molecule has 2 aliphatic heterocycles. The van der Waals surface area contributed by atoms with Crippen molar-refractivity contribution in [1.82, 2.24) is 15.2 Å². The Kier molecular flexibility index (Phi) is 4.25. The van der Waals surface area contributed by atoms with E-state index in [-0.39, 0.29) is 12.1 Å². The van der Waals surface area contributed by atoms with E-state index in [9.17, 15) is 4.79 Å². The summed E-state index contributed by atoms with van der Waals surface area (Å²) in [5, 5.41) is 6.19. The third kappa shape index (κ3) is 3.03. The van der Waals surface area contributed by atoms with Crippen molar-refractivity contribution in [2.75, 3.05) is 37.7 Å². The first kappa shape index (κ1) is 15.3. The van der Waals surface area contributed by atoms with Gasteiger partial charge in [-0.15, -0.1) is 11.3 Å². The molecule has 2 aliphatic rings. The second-order valence-corrected chi connectivity index (χ2v) is 6.84. The molecule has 126 valence electrons. The molecule has 0 bridgehead atoms. The van der Waals surface area contributed by atoms with Gasteiger partial charge in [-0.3, -0.25) is 0 Å². The number of hydrogen-bond acceptors (Lipinski definition) is 5. The van der Waals surface area contributed by atoms with Crippen LogP contribution in [0.1, 0.15) is 18.0 Å². The number of carbonyl (C=O) groups is 1. The molecular formula is C17H20N4O2S. The molecule has 0 aliphatic carbocycles. The number of anilines is 1. The summed E-state index contributed by atoms with van der Waals surface area (Å²) in [7, 11) is 0. The fraction of sp³-hybridized carbons (Fsp3) is 0.412. The number of urea groups is 1. The molecule has 0 radical (unpaired) electrons. The van der Waals surface area contributed by atoms with Crippen LogP contribution in [-0.2, 0) is 0 Å². The number of carbonyl (C=O) groups excluding carboxylic acids is 1. The molecule has 1 unspecified atom stereocenters. The number of hydrogen-bond donors (Lipinski definition) is 1. The Labute approximate surface area is 145 Å². The van der Waals surface area contributed by atoms with Crippen LogP contribution in [0.3, 0.4) is 0 Å². The Balaban J connectivity index is 1.36. The fourth-order valence-corrected chi connectivity index (χ4v) is 3.90. The second-order valence-electron chi connectivity index (χ2n) is 5.97. The maximum atomic E-state index is 12.6. The lowest BCUT2D eigenvalue weighted by Gasteiger charge is -2.36. The van der Waals surface area contributed by atoms with E-state index in [0.29, 0.717) is 6.61 Å². The lowest BCUT2D eigenvalue weighted by Crippen LogP contribution is -2.52. The van der Waals surface area contributed by atoms with Crippen molar-refractivity contribution < 1.29 is 9.53 Å². The number of thiazole rings is 1. The van der Waals surface area contributed by atoms with Gasteiger partial charge < -0.3 is 19.9 Å². The van der Waals surface area contributed by atoms with Crippen molar-refractivity contribution in [1.29, 1.82) is 0 Å². The largest absolute Gasteiger partial charge is 0.493 e. The smallest absolute Gasteiger partial charge is 0.318 e. The molecule has 1 N–H and O–H groups in total. The molecule has 1 aromatic heterocycles. The second kappa shape index (κ2) is 6.68. The van der Waals surface area contributed by atoms with Gasteiger partial charge in [-0.05, 0) is 6.07 Å². The molecule has 1 fully saturated rings. The highest BCUT2D eigenvalue weighted by Gasteiger charge is 2.27. The highest BCUT2D eigenvalue weighted by atomic mass is 32.1. The van der Waals surface area contributed by atoms with Crippen LogP contribution in [-0.4, -0.2) is 48.7 Å². The fourth-order valence-electron chi connectivity index (χ4n) is 3.21. The van der Waals surface area contributed by atoms with Crippen LogP contribution in [0.25, 0.3) is 0 Å². The topological polar surface area (TPSA) is 57.7 Å². The SMILES string of the molecule is O=C(NC1CCOc2ccccc21)N1CCN(c2nccs2)CC1. The summed E-state index contributed by atoms with van der Waals surface area (Å²) in [6, 6.07) is 7.97. The Bertz CT molecular complexity index is 698. The standard InChI is InChI=1S/C17H20N4O2S/c22-16(19-14-5-11-23-15-4-2-1-3-13(14)15)20-7-9-21(10-8-20)17-18-6-12-24-17/h1-4,6,12,14H,5,7-11H2,(H,19,22). The van der Waals surface area contributed by atoms with Crippen LogP contribution in [0.5, 0.6) is 5.75 Å². The minimum absolute atomic E-state index is 0.00971. The number of piperazine rings is 1. The zero-order valence-electron chi connectivity index (χ0n) is 13.4. The van der Waals surface area contributed by atoms with Crippen LogP contribution in [0.2, 0.25) is 0 Å². The molecule has 6 nitrogen and oxygen atoms in total. The Morgan fingerprint density at radius 2 is 2.08 bits per heavy atom. The van der Waals surface area contributed by atoms with Gasteiger partial charge in [0.2, 0.25) is 0 Å². The van der Waals surface area contributed by atoms with Crippen LogP contribution < -0.4 is 15.0 Å². The number of rotatable bonds is 2. The monoisotopic (exact) mass is 344 g/mol. The highest BCUT2D eigenvalue weighted by molar-refractivity contribution is 7.13. The first-order valence-corrected chi connectivity index (χ1v) is 9.11. The van der Waals surface area contributed by atoms with Gasteiger partial charge in [-0.25, -0.2) is 9.78 Å². The lowest BCUT2D eigenvalue weighted by molar-refractivity contribution is 0.183. The first-order chi connectivity index (χ1) is 11.8. The Morgan fingerprint density at radius 3 is 2.88 bits per heavy atom. The quantitative estimate of drug-likeness (QED) is 0.909. The summed E-state index contributed by atoms with van der Waals surface area (Å²) >= 11 is 1.64. The number of ether oxygens (including phenoxy) is 1. The van der Waals surface area contributed by atoms with Crippen LogP contribution >= 0.6 is 11.3 Å². The van der Waals surface area contributed by atoms with Gasteiger partial charge in [-0.2, -0.15) is 0 Å². The van der Waals surface area contributed by atoms with Gasteiger partial charge in [0.15, 0.2) is 5.13 Å². The zero-order chi connectivity index (χ0) is 16.4. The van der Waals surface area contributed by atoms with E-state index >= 15 is 0 Å². The summed E-state index contributed by atoms with van der Waals surface area (Å²) in [5.74, 6) is 0.877. The number of nitrogens with one attached hydrogen (secondary N) is 1. The lowest BCUT2D eigenvalue weighted by atomic mass is 10.0. The van der Waals surface area contributed by atoms with E-state index in [2.05, 4.69) is 15.2 Å². The van der Waals surface area contributed by atoms with Crippen molar-refractivity contribution in [3.05, 3.63) is 41.4 Å². The molecule has 1 saturated heterocycles. The molecular weight excluding hydrogens is 324 g/mol. The van der Waals surface area contributed by atoms with Crippen LogP contribution in [0.4, 0.5) is 9.93 Å². The molecule has 2 amide bonds. The molecule has 7 heteroatoms. The van der Waals surface area contributed by atoms with E-state index < -0.39 is 0 Å². The summed E-state index contributed by atoms with van der Waals surface area (Å²) in [5.41, 5.74) is 1.07. The number of para-hydroxylation sites is 1. The molecule has 24 heavy (non-hydrogen) atoms. The van der Waals surface area contributed by atoms with Gasteiger partial charge in [0, 0.05) is 49.7 Å². The van der Waals surface area contributed by atoms with Gasteiger partial charge in [0.05, 0.1) is 12.6 Å². The predicted octanol–water partition coefficient (Wildman–Crippen LogP) is 2.50. The van der Waals surface area contributed by atoms with Crippen molar-refractivity contribution in [3.8, 4) is 5.75 Å².